The van der Waals surface area contributed by atoms with Crippen molar-refractivity contribution < 1.29 is 23.7 Å². The summed E-state index contributed by atoms with van der Waals surface area (Å²) in [6, 6.07) is 0. The van der Waals surface area contributed by atoms with E-state index in [4.69, 9.17) is 18.9 Å². The fraction of sp³-hybridized carbons (Fsp3) is 0.944. The van der Waals surface area contributed by atoms with Gasteiger partial charge in [-0.15, -0.1) is 0 Å². The van der Waals surface area contributed by atoms with E-state index >= 15 is 0 Å². The zero-order valence-corrected chi connectivity index (χ0v) is 16.3. The Morgan fingerprint density at radius 3 is 1.83 bits per heavy atom. The number of ether oxygens (including phenoxy) is 4. The minimum Gasteiger partial charge on any atom is -0.438 e. The van der Waals surface area contributed by atoms with Gasteiger partial charge in [0.1, 0.15) is 0 Å². The Labute approximate surface area is 142 Å². The van der Waals surface area contributed by atoms with Crippen LogP contribution in [0.2, 0.25) is 0 Å². The molecule has 0 aromatic heterocycles. The summed E-state index contributed by atoms with van der Waals surface area (Å²) in [4.78, 5) is 12.6. The fourth-order valence-corrected chi connectivity index (χ4v) is 2.38. The van der Waals surface area contributed by atoms with Gasteiger partial charge in [0.15, 0.2) is 6.79 Å². The van der Waals surface area contributed by atoms with E-state index in [1.54, 1.807) is 7.11 Å². The molecule has 138 valence electrons. The zero-order valence-electron chi connectivity index (χ0n) is 16.3. The molecule has 5 nitrogen and oxygen atoms in total. The van der Waals surface area contributed by atoms with E-state index in [2.05, 4.69) is 41.5 Å². The summed E-state index contributed by atoms with van der Waals surface area (Å²) >= 11 is 0. The van der Waals surface area contributed by atoms with Gasteiger partial charge in [0, 0.05) is 7.11 Å². The number of carbonyl (C=O) groups excluding carboxylic acids is 1. The van der Waals surface area contributed by atoms with E-state index in [0.717, 1.165) is 6.42 Å². The Balaban J connectivity index is 4.32. The van der Waals surface area contributed by atoms with Crippen LogP contribution in [0.3, 0.4) is 0 Å². The second kappa shape index (κ2) is 9.60. The normalized spacial score (nSPS) is 15.3. The molecule has 0 radical (unpaired) electrons. The van der Waals surface area contributed by atoms with Crippen LogP contribution in [0.5, 0.6) is 0 Å². The van der Waals surface area contributed by atoms with E-state index in [-0.39, 0.29) is 23.6 Å². The summed E-state index contributed by atoms with van der Waals surface area (Å²) in [5.41, 5.74) is -0.721. The molecule has 0 rings (SSSR count). The van der Waals surface area contributed by atoms with Crippen LogP contribution in [0, 0.1) is 16.2 Å². The van der Waals surface area contributed by atoms with Crippen molar-refractivity contribution in [2.75, 3.05) is 40.3 Å². The SMILES string of the molecule is COCCOCCOCOC(=O)C(C)(CC(C)(C)C)C(C)(C)C. The van der Waals surface area contributed by atoms with Crippen LogP contribution in [0.1, 0.15) is 54.9 Å². The van der Waals surface area contributed by atoms with Gasteiger partial charge in [-0.05, 0) is 24.2 Å². The molecule has 0 bridgehead atoms. The van der Waals surface area contributed by atoms with Crippen LogP contribution >= 0.6 is 0 Å². The van der Waals surface area contributed by atoms with Gasteiger partial charge in [0.25, 0.3) is 0 Å². The lowest BCUT2D eigenvalue weighted by atomic mass is 9.61. The van der Waals surface area contributed by atoms with Crippen LogP contribution in [0.25, 0.3) is 0 Å². The molecule has 0 aliphatic rings. The van der Waals surface area contributed by atoms with Crippen molar-refractivity contribution >= 4 is 5.97 Å². The molecule has 0 amide bonds. The summed E-state index contributed by atoms with van der Waals surface area (Å²) in [5, 5.41) is 0. The summed E-state index contributed by atoms with van der Waals surface area (Å²) < 4.78 is 20.8. The summed E-state index contributed by atoms with van der Waals surface area (Å²) in [6.07, 6.45) is 0.752. The summed E-state index contributed by atoms with van der Waals surface area (Å²) in [5.74, 6) is -0.208. The molecule has 0 fully saturated rings. The molecule has 0 aromatic carbocycles. The quantitative estimate of drug-likeness (QED) is 0.347. The number of hydrogen-bond acceptors (Lipinski definition) is 5. The second-order valence-corrected chi connectivity index (χ2v) is 8.38. The first-order chi connectivity index (χ1) is 10.4. The van der Waals surface area contributed by atoms with Gasteiger partial charge in [-0.3, -0.25) is 4.79 Å². The summed E-state index contributed by atoms with van der Waals surface area (Å²) in [6.45, 7) is 16.5. The molecule has 0 aliphatic carbocycles. The maximum atomic E-state index is 12.6. The number of esters is 1. The summed E-state index contributed by atoms with van der Waals surface area (Å²) in [7, 11) is 1.63. The average Bonchev–Trinajstić information content (AvgIpc) is 2.38. The smallest absolute Gasteiger partial charge is 0.314 e. The molecular weight excluding hydrogens is 296 g/mol. The largest absolute Gasteiger partial charge is 0.438 e. The van der Waals surface area contributed by atoms with Gasteiger partial charge in [-0.2, -0.15) is 0 Å². The molecule has 0 spiro atoms. The van der Waals surface area contributed by atoms with Crippen molar-refractivity contribution in [1.82, 2.24) is 0 Å². The highest BCUT2D eigenvalue weighted by Gasteiger charge is 2.47. The Morgan fingerprint density at radius 1 is 0.826 bits per heavy atom. The van der Waals surface area contributed by atoms with Crippen molar-refractivity contribution in [3.05, 3.63) is 0 Å². The van der Waals surface area contributed by atoms with E-state index < -0.39 is 5.41 Å². The molecule has 0 heterocycles. The molecule has 0 saturated heterocycles. The molecule has 0 N–H and O–H groups in total. The number of hydrogen-bond donors (Lipinski definition) is 0. The lowest BCUT2D eigenvalue weighted by Gasteiger charge is -2.43. The third-order valence-corrected chi connectivity index (χ3v) is 4.07. The van der Waals surface area contributed by atoms with Crippen molar-refractivity contribution in [2.45, 2.75) is 54.9 Å². The van der Waals surface area contributed by atoms with Gasteiger partial charge in [-0.25, -0.2) is 0 Å². The predicted molar refractivity (Wildman–Crippen MR) is 91.2 cm³/mol. The van der Waals surface area contributed by atoms with Gasteiger partial charge < -0.3 is 18.9 Å². The highest BCUT2D eigenvalue weighted by atomic mass is 16.7. The van der Waals surface area contributed by atoms with Crippen LogP contribution < -0.4 is 0 Å². The van der Waals surface area contributed by atoms with Gasteiger partial charge in [0.05, 0.1) is 31.8 Å². The third-order valence-electron chi connectivity index (χ3n) is 4.07. The van der Waals surface area contributed by atoms with Gasteiger partial charge >= 0.3 is 5.97 Å². The first-order valence-corrected chi connectivity index (χ1v) is 8.26. The van der Waals surface area contributed by atoms with Crippen LogP contribution in [0.4, 0.5) is 0 Å². The van der Waals surface area contributed by atoms with Crippen molar-refractivity contribution in [2.24, 2.45) is 16.2 Å². The molecule has 1 atom stereocenters. The standard InChI is InChI=1S/C18H36O5/c1-16(2,3)13-18(7,17(4,5)6)15(19)23-14-22-12-11-21-10-9-20-8/h9-14H2,1-8H3. The van der Waals surface area contributed by atoms with Crippen molar-refractivity contribution in [3.8, 4) is 0 Å². The molecule has 23 heavy (non-hydrogen) atoms. The minimum atomic E-state index is -0.566. The Kier molecular flexibility index (Phi) is 9.33. The molecule has 5 heteroatoms. The van der Waals surface area contributed by atoms with Crippen molar-refractivity contribution in [3.63, 3.8) is 0 Å². The highest BCUT2D eigenvalue weighted by molar-refractivity contribution is 5.77. The van der Waals surface area contributed by atoms with Gasteiger partial charge in [0.2, 0.25) is 0 Å². The van der Waals surface area contributed by atoms with E-state index in [1.807, 2.05) is 6.92 Å². The molecule has 0 saturated carbocycles. The predicted octanol–water partition coefficient (Wildman–Crippen LogP) is 3.66. The lowest BCUT2D eigenvalue weighted by molar-refractivity contribution is -0.178. The maximum Gasteiger partial charge on any atom is 0.314 e. The highest BCUT2D eigenvalue weighted by Crippen LogP contribution is 2.47. The Hall–Kier alpha value is -0.650. The fourth-order valence-electron chi connectivity index (χ4n) is 2.38. The molecule has 1 unspecified atom stereocenters. The third kappa shape index (κ3) is 8.68. The minimum absolute atomic E-state index is 0.0388. The second-order valence-electron chi connectivity index (χ2n) is 8.38. The molecule has 0 aliphatic heterocycles. The van der Waals surface area contributed by atoms with E-state index in [9.17, 15) is 4.79 Å². The van der Waals surface area contributed by atoms with Crippen LogP contribution in [0.15, 0.2) is 0 Å². The van der Waals surface area contributed by atoms with Crippen molar-refractivity contribution in [1.29, 1.82) is 0 Å². The number of carbonyl (C=O) groups is 1. The zero-order chi connectivity index (χ0) is 18.1. The first kappa shape index (κ1) is 22.4. The van der Waals surface area contributed by atoms with Crippen LogP contribution in [-0.2, 0) is 23.7 Å². The Morgan fingerprint density at radius 2 is 1.35 bits per heavy atom. The van der Waals surface area contributed by atoms with Gasteiger partial charge in [-0.1, -0.05) is 41.5 Å². The lowest BCUT2D eigenvalue weighted by Crippen LogP contribution is -2.44. The Bertz CT molecular complexity index is 340. The molecule has 0 aromatic rings. The molecular formula is C18H36O5. The maximum absolute atomic E-state index is 12.6. The number of rotatable bonds is 10. The van der Waals surface area contributed by atoms with E-state index in [1.165, 1.54) is 0 Å². The average molecular weight is 332 g/mol. The first-order valence-electron chi connectivity index (χ1n) is 8.26. The van der Waals surface area contributed by atoms with Crippen LogP contribution in [-0.4, -0.2) is 46.3 Å². The van der Waals surface area contributed by atoms with E-state index in [0.29, 0.717) is 26.4 Å². The topological polar surface area (TPSA) is 54.0 Å². The number of methoxy groups -OCH3 is 1. The monoisotopic (exact) mass is 332 g/mol.